The molecule has 0 aliphatic rings. The van der Waals surface area contributed by atoms with E-state index in [2.05, 4.69) is 47.1 Å². The van der Waals surface area contributed by atoms with Crippen molar-refractivity contribution < 1.29 is 0 Å². The molecule has 0 heterocycles. The van der Waals surface area contributed by atoms with Crippen molar-refractivity contribution in [1.29, 1.82) is 0 Å². The smallest absolute Gasteiger partial charge is 0.0533 e. The van der Waals surface area contributed by atoms with Crippen LogP contribution in [0.25, 0.3) is 0 Å². The van der Waals surface area contributed by atoms with Gasteiger partial charge in [0.2, 0.25) is 0 Å². The molecule has 0 aromatic heterocycles. The van der Waals surface area contributed by atoms with E-state index in [4.69, 9.17) is 12.2 Å². The minimum Gasteiger partial charge on any atom is -0.0788 e. The highest BCUT2D eigenvalue weighted by molar-refractivity contribution is 9.10. The normalized spacial score (nSPS) is 10.1. The zero-order chi connectivity index (χ0) is 11.5. The van der Waals surface area contributed by atoms with Gasteiger partial charge in [-0.05, 0) is 18.6 Å². The lowest BCUT2D eigenvalue weighted by Gasteiger charge is -2.06. The van der Waals surface area contributed by atoms with Crippen molar-refractivity contribution in [3.8, 4) is 0 Å². The van der Waals surface area contributed by atoms with Crippen LogP contribution in [-0.4, -0.2) is 4.86 Å². The molecule has 0 amide bonds. The summed E-state index contributed by atoms with van der Waals surface area (Å²) in [5, 5.41) is 0. The first-order valence-electron chi connectivity index (χ1n) is 5.04. The van der Waals surface area contributed by atoms with E-state index in [0.717, 1.165) is 20.5 Å². The Bertz CT molecular complexity index is 515. The highest BCUT2D eigenvalue weighted by atomic mass is 79.9. The van der Waals surface area contributed by atoms with Crippen LogP contribution >= 0.6 is 28.1 Å². The van der Waals surface area contributed by atoms with Crippen LogP contribution < -0.4 is 0 Å². The third-order valence-corrected chi connectivity index (χ3v) is 3.58. The summed E-state index contributed by atoms with van der Waals surface area (Å²) < 4.78 is 1.04. The summed E-state index contributed by atoms with van der Waals surface area (Å²) in [6.45, 7) is 2.07. The van der Waals surface area contributed by atoms with Crippen LogP contribution in [0.5, 0.6) is 0 Å². The van der Waals surface area contributed by atoms with Crippen LogP contribution in [0.3, 0.4) is 0 Å². The number of rotatable bonds is 2. The lowest BCUT2D eigenvalue weighted by molar-refractivity contribution is 1.46. The van der Waals surface area contributed by atoms with Gasteiger partial charge in [-0.2, -0.15) is 0 Å². The number of hydrogen-bond donors (Lipinski definition) is 0. The molecule has 0 atom stereocenters. The minimum atomic E-state index is 0.882. The van der Waals surface area contributed by atoms with E-state index in [0.29, 0.717) is 0 Å². The zero-order valence-electron chi connectivity index (χ0n) is 8.91. The number of thiocarbonyl (C=S) groups is 1. The number of aryl methyl sites for hydroxylation is 1. The minimum absolute atomic E-state index is 0.882. The quantitative estimate of drug-likeness (QED) is 0.579. The zero-order valence-corrected chi connectivity index (χ0v) is 11.3. The first kappa shape index (κ1) is 11.5. The van der Waals surface area contributed by atoms with Crippen LogP contribution in [0.15, 0.2) is 53.0 Å². The molecular formula is C14H11BrS. The second-order valence-corrected chi connectivity index (χ2v) is 4.94. The summed E-state index contributed by atoms with van der Waals surface area (Å²) in [4.78, 5) is 0.882. The second-order valence-electron chi connectivity index (χ2n) is 3.67. The fraction of sp³-hybridized carbons (Fsp3) is 0.0714. The van der Waals surface area contributed by atoms with Crippen LogP contribution in [-0.2, 0) is 0 Å². The molecule has 0 nitrogen and oxygen atoms in total. The standard InChI is InChI=1S/C14H11BrS/c1-10-6-8-11(9-7-10)14(16)12-4-2-3-5-13(12)15/h2-9H,1H3. The van der Waals surface area contributed by atoms with Gasteiger partial charge >= 0.3 is 0 Å². The molecule has 2 aromatic rings. The molecule has 0 saturated heterocycles. The third-order valence-electron chi connectivity index (χ3n) is 2.43. The molecule has 80 valence electrons. The Morgan fingerprint density at radius 1 is 1.00 bits per heavy atom. The molecule has 0 radical (unpaired) electrons. The predicted octanol–water partition coefficient (Wildman–Crippen LogP) is 4.52. The monoisotopic (exact) mass is 290 g/mol. The van der Waals surface area contributed by atoms with Gasteiger partial charge in [-0.15, -0.1) is 0 Å². The van der Waals surface area contributed by atoms with E-state index in [9.17, 15) is 0 Å². The first-order chi connectivity index (χ1) is 7.68. The summed E-state index contributed by atoms with van der Waals surface area (Å²) in [6.07, 6.45) is 0. The summed E-state index contributed by atoms with van der Waals surface area (Å²) in [5.74, 6) is 0. The van der Waals surface area contributed by atoms with Crippen LogP contribution in [0.4, 0.5) is 0 Å². The van der Waals surface area contributed by atoms with E-state index >= 15 is 0 Å². The summed E-state index contributed by atoms with van der Waals surface area (Å²) in [7, 11) is 0. The maximum atomic E-state index is 5.49. The molecule has 0 fully saturated rings. The maximum absolute atomic E-state index is 5.49. The molecule has 2 heteroatoms. The molecular weight excluding hydrogens is 280 g/mol. The Labute approximate surface area is 109 Å². The number of halogens is 1. The van der Waals surface area contributed by atoms with Gasteiger partial charge in [0.1, 0.15) is 0 Å². The van der Waals surface area contributed by atoms with Crippen molar-refractivity contribution in [1.82, 2.24) is 0 Å². The Kier molecular flexibility index (Phi) is 3.52. The molecule has 0 aliphatic heterocycles. The highest BCUT2D eigenvalue weighted by Crippen LogP contribution is 2.20. The van der Waals surface area contributed by atoms with Gasteiger partial charge in [0.15, 0.2) is 0 Å². The molecule has 0 saturated carbocycles. The molecule has 0 spiro atoms. The van der Waals surface area contributed by atoms with Crippen LogP contribution in [0.1, 0.15) is 16.7 Å². The van der Waals surface area contributed by atoms with Gasteiger partial charge in [0.05, 0.1) is 4.86 Å². The fourth-order valence-corrected chi connectivity index (χ4v) is 2.43. The van der Waals surface area contributed by atoms with Crippen molar-refractivity contribution in [2.45, 2.75) is 6.92 Å². The van der Waals surface area contributed by atoms with Gasteiger partial charge in [-0.25, -0.2) is 0 Å². The lowest BCUT2D eigenvalue weighted by Crippen LogP contribution is -2.00. The average molecular weight is 291 g/mol. The van der Waals surface area contributed by atoms with Crippen molar-refractivity contribution in [3.05, 3.63) is 69.7 Å². The van der Waals surface area contributed by atoms with E-state index in [1.54, 1.807) is 0 Å². The van der Waals surface area contributed by atoms with E-state index < -0.39 is 0 Å². The third kappa shape index (κ3) is 2.39. The molecule has 0 N–H and O–H groups in total. The van der Waals surface area contributed by atoms with Gasteiger partial charge in [0.25, 0.3) is 0 Å². The molecule has 0 aliphatic carbocycles. The fourth-order valence-electron chi connectivity index (χ4n) is 1.51. The summed E-state index contributed by atoms with van der Waals surface area (Å²) in [6, 6.07) is 16.3. The van der Waals surface area contributed by atoms with Crippen molar-refractivity contribution in [2.24, 2.45) is 0 Å². The topological polar surface area (TPSA) is 0 Å². The molecule has 2 aromatic carbocycles. The van der Waals surface area contributed by atoms with Crippen molar-refractivity contribution >= 4 is 33.0 Å². The number of hydrogen-bond acceptors (Lipinski definition) is 1. The maximum Gasteiger partial charge on any atom is 0.0533 e. The van der Waals surface area contributed by atoms with Gasteiger partial charge in [0, 0.05) is 10.0 Å². The Morgan fingerprint density at radius 3 is 2.25 bits per heavy atom. The Hall–Kier alpha value is -0.990. The van der Waals surface area contributed by atoms with Crippen LogP contribution in [0, 0.1) is 6.92 Å². The molecule has 2 rings (SSSR count). The lowest BCUT2D eigenvalue weighted by atomic mass is 10.0. The van der Waals surface area contributed by atoms with Gasteiger partial charge in [-0.1, -0.05) is 76.2 Å². The van der Waals surface area contributed by atoms with Crippen molar-refractivity contribution in [2.75, 3.05) is 0 Å². The number of benzene rings is 2. The molecule has 0 unspecified atom stereocenters. The largest absolute Gasteiger partial charge is 0.0788 e. The Morgan fingerprint density at radius 2 is 1.62 bits per heavy atom. The SMILES string of the molecule is Cc1ccc(C(=S)c2ccccc2Br)cc1. The summed E-state index contributed by atoms with van der Waals surface area (Å²) in [5.41, 5.74) is 3.41. The van der Waals surface area contributed by atoms with E-state index in [1.165, 1.54) is 5.56 Å². The first-order valence-corrected chi connectivity index (χ1v) is 6.24. The van der Waals surface area contributed by atoms with E-state index in [1.807, 2.05) is 24.3 Å². The summed E-state index contributed by atoms with van der Waals surface area (Å²) >= 11 is 9.01. The van der Waals surface area contributed by atoms with Gasteiger partial charge in [-0.3, -0.25) is 0 Å². The van der Waals surface area contributed by atoms with Crippen molar-refractivity contribution in [3.63, 3.8) is 0 Å². The highest BCUT2D eigenvalue weighted by Gasteiger charge is 2.07. The average Bonchev–Trinajstić information content (AvgIpc) is 2.30. The predicted molar refractivity (Wildman–Crippen MR) is 76.1 cm³/mol. The molecule has 0 bridgehead atoms. The van der Waals surface area contributed by atoms with Crippen LogP contribution in [0.2, 0.25) is 0 Å². The Balaban J connectivity index is 2.40. The van der Waals surface area contributed by atoms with Gasteiger partial charge < -0.3 is 0 Å². The molecule has 16 heavy (non-hydrogen) atoms. The second kappa shape index (κ2) is 4.89. The van der Waals surface area contributed by atoms with E-state index in [-0.39, 0.29) is 0 Å².